The standard InChI is InChI=1S/C8H6IN5O3S/c9-5-1-11-13(3-5)4-6(15)12-8-10-2-7(18-8)14(16)17/h1-3H,4H2,(H,10,12,15). The molecule has 0 aliphatic carbocycles. The number of carbonyl (C=O) groups is 1. The van der Waals surface area contributed by atoms with E-state index in [1.807, 2.05) is 0 Å². The molecule has 0 saturated heterocycles. The summed E-state index contributed by atoms with van der Waals surface area (Å²) >= 11 is 2.89. The van der Waals surface area contributed by atoms with Gasteiger partial charge in [0.1, 0.15) is 12.7 Å². The van der Waals surface area contributed by atoms with Crippen molar-refractivity contribution in [2.45, 2.75) is 6.54 Å². The van der Waals surface area contributed by atoms with Crippen LogP contribution in [-0.4, -0.2) is 25.6 Å². The lowest BCUT2D eigenvalue weighted by Gasteiger charge is -2.00. The molecule has 2 rings (SSSR count). The largest absolute Gasteiger partial charge is 0.345 e. The van der Waals surface area contributed by atoms with E-state index in [-0.39, 0.29) is 22.6 Å². The maximum absolute atomic E-state index is 11.6. The summed E-state index contributed by atoms with van der Waals surface area (Å²) in [4.78, 5) is 25.2. The Morgan fingerprint density at radius 2 is 2.39 bits per heavy atom. The highest BCUT2D eigenvalue weighted by Crippen LogP contribution is 2.24. The van der Waals surface area contributed by atoms with E-state index in [0.29, 0.717) is 0 Å². The number of aromatic nitrogens is 3. The molecule has 10 heteroatoms. The van der Waals surface area contributed by atoms with Gasteiger partial charge in [-0.3, -0.25) is 19.6 Å². The predicted octanol–water partition coefficient (Wildman–Crippen LogP) is 1.49. The summed E-state index contributed by atoms with van der Waals surface area (Å²) in [6.45, 7) is 0.0381. The van der Waals surface area contributed by atoms with Gasteiger partial charge in [0, 0.05) is 6.20 Å². The van der Waals surface area contributed by atoms with Gasteiger partial charge in [-0.1, -0.05) is 0 Å². The summed E-state index contributed by atoms with van der Waals surface area (Å²) in [7, 11) is 0. The van der Waals surface area contributed by atoms with Crippen molar-refractivity contribution < 1.29 is 9.72 Å². The van der Waals surface area contributed by atoms with Gasteiger partial charge in [0.15, 0.2) is 5.13 Å². The van der Waals surface area contributed by atoms with Gasteiger partial charge in [-0.25, -0.2) is 4.98 Å². The van der Waals surface area contributed by atoms with Crippen LogP contribution in [0.5, 0.6) is 0 Å². The van der Waals surface area contributed by atoms with Crippen molar-refractivity contribution in [2.75, 3.05) is 5.32 Å². The summed E-state index contributed by atoms with van der Waals surface area (Å²) in [5.41, 5.74) is 0. The fraction of sp³-hybridized carbons (Fsp3) is 0.125. The molecule has 1 amide bonds. The number of thiazole rings is 1. The van der Waals surface area contributed by atoms with Crippen LogP contribution in [0.1, 0.15) is 0 Å². The van der Waals surface area contributed by atoms with Gasteiger partial charge in [-0.2, -0.15) is 5.10 Å². The lowest BCUT2D eigenvalue weighted by atomic mass is 10.6. The molecular weight excluding hydrogens is 373 g/mol. The van der Waals surface area contributed by atoms with Gasteiger partial charge in [0.05, 0.1) is 14.7 Å². The van der Waals surface area contributed by atoms with Crippen LogP contribution >= 0.6 is 33.9 Å². The molecule has 8 nitrogen and oxygen atoms in total. The van der Waals surface area contributed by atoms with Crippen LogP contribution in [0.2, 0.25) is 0 Å². The minimum absolute atomic E-state index is 0.0381. The molecule has 0 spiro atoms. The highest BCUT2D eigenvalue weighted by atomic mass is 127. The highest BCUT2D eigenvalue weighted by Gasteiger charge is 2.13. The zero-order valence-corrected chi connectivity index (χ0v) is 11.7. The van der Waals surface area contributed by atoms with Gasteiger partial charge in [-0.15, -0.1) is 0 Å². The molecule has 0 aromatic carbocycles. The van der Waals surface area contributed by atoms with Gasteiger partial charge in [0.2, 0.25) is 5.91 Å². The summed E-state index contributed by atoms with van der Waals surface area (Å²) < 4.78 is 2.39. The van der Waals surface area contributed by atoms with Gasteiger partial charge in [-0.05, 0) is 33.9 Å². The average Bonchev–Trinajstić information content (AvgIpc) is 2.88. The van der Waals surface area contributed by atoms with Crippen molar-refractivity contribution in [2.24, 2.45) is 0 Å². The lowest BCUT2D eigenvalue weighted by Crippen LogP contribution is -2.18. The maximum Gasteiger partial charge on any atom is 0.345 e. The van der Waals surface area contributed by atoms with E-state index in [4.69, 9.17) is 0 Å². The molecule has 0 atom stereocenters. The van der Waals surface area contributed by atoms with Gasteiger partial charge in [0.25, 0.3) is 0 Å². The minimum atomic E-state index is -0.552. The summed E-state index contributed by atoms with van der Waals surface area (Å²) in [6.07, 6.45) is 4.45. The Balaban J connectivity index is 1.96. The number of rotatable bonds is 4. The number of anilines is 1. The van der Waals surface area contributed by atoms with Crippen LogP contribution in [0.3, 0.4) is 0 Å². The second kappa shape index (κ2) is 5.39. The minimum Gasteiger partial charge on any atom is -0.300 e. The normalized spacial score (nSPS) is 10.3. The van der Waals surface area contributed by atoms with Crippen molar-refractivity contribution >= 4 is 50.0 Å². The van der Waals surface area contributed by atoms with Gasteiger partial charge >= 0.3 is 5.00 Å². The topological polar surface area (TPSA) is 103 Å². The monoisotopic (exact) mass is 379 g/mol. The number of nitro groups is 1. The molecule has 2 heterocycles. The quantitative estimate of drug-likeness (QED) is 0.493. The average molecular weight is 379 g/mol. The Morgan fingerprint density at radius 3 is 2.94 bits per heavy atom. The molecule has 0 aliphatic heterocycles. The smallest absolute Gasteiger partial charge is 0.300 e. The molecule has 0 radical (unpaired) electrons. The van der Waals surface area contributed by atoms with E-state index in [1.54, 1.807) is 12.4 Å². The third kappa shape index (κ3) is 3.22. The predicted molar refractivity (Wildman–Crippen MR) is 72.3 cm³/mol. The molecule has 2 aromatic heterocycles. The molecule has 0 fully saturated rings. The first-order valence-corrected chi connectivity index (χ1v) is 6.52. The van der Waals surface area contributed by atoms with E-state index < -0.39 is 4.92 Å². The third-order valence-corrected chi connectivity index (χ3v) is 3.25. The molecule has 0 bridgehead atoms. The maximum atomic E-state index is 11.6. The van der Waals surface area contributed by atoms with Crippen molar-refractivity contribution in [3.63, 3.8) is 0 Å². The van der Waals surface area contributed by atoms with Crippen molar-refractivity contribution in [3.8, 4) is 0 Å². The van der Waals surface area contributed by atoms with Crippen LogP contribution in [-0.2, 0) is 11.3 Å². The molecule has 1 N–H and O–H groups in total. The molecule has 18 heavy (non-hydrogen) atoms. The van der Waals surface area contributed by atoms with E-state index in [9.17, 15) is 14.9 Å². The zero-order valence-electron chi connectivity index (χ0n) is 8.74. The number of nitrogens with zero attached hydrogens (tertiary/aromatic N) is 4. The Labute approximate surface area is 118 Å². The SMILES string of the molecule is O=C(Cn1cc(I)cn1)Nc1ncc([N+](=O)[O-])s1. The van der Waals surface area contributed by atoms with E-state index in [0.717, 1.165) is 21.1 Å². The van der Waals surface area contributed by atoms with Crippen molar-refractivity contribution in [3.05, 3.63) is 32.3 Å². The second-order valence-electron chi connectivity index (χ2n) is 3.17. The number of hydrogen-bond donors (Lipinski definition) is 1. The number of carbonyl (C=O) groups excluding carboxylic acids is 1. The Morgan fingerprint density at radius 1 is 1.61 bits per heavy atom. The van der Waals surface area contributed by atoms with Crippen LogP contribution in [0.4, 0.5) is 10.1 Å². The van der Waals surface area contributed by atoms with Crippen LogP contribution in [0.15, 0.2) is 18.6 Å². The molecule has 0 aliphatic rings. The number of amides is 1. The molecule has 2 aromatic rings. The fourth-order valence-electron chi connectivity index (χ4n) is 1.14. The molecular formula is C8H6IN5O3S. The first kappa shape index (κ1) is 12.9. The highest BCUT2D eigenvalue weighted by molar-refractivity contribution is 14.1. The summed E-state index contributed by atoms with van der Waals surface area (Å²) in [5.74, 6) is -0.334. The molecule has 94 valence electrons. The van der Waals surface area contributed by atoms with E-state index in [2.05, 4.69) is 38.0 Å². The van der Waals surface area contributed by atoms with Crippen molar-refractivity contribution in [1.29, 1.82) is 0 Å². The summed E-state index contributed by atoms with van der Waals surface area (Å²) in [6, 6.07) is 0. The van der Waals surface area contributed by atoms with Crippen molar-refractivity contribution in [1.82, 2.24) is 14.8 Å². The van der Waals surface area contributed by atoms with Crippen LogP contribution in [0.25, 0.3) is 0 Å². The zero-order chi connectivity index (χ0) is 13.1. The molecule has 0 unspecified atom stereocenters. The Hall–Kier alpha value is -1.56. The lowest BCUT2D eigenvalue weighted by molar-refractivity contribution is -0.380. The second-order valence-corrected chi connectivity index (χ2v) is 5.42. The number of hydrogen-bond acceptors (Lipinski definition) is 6. The van der Waals surface area contributed by atoms with E-state index in [1.165, 1.54) is 4.68 Å². The third-order valence-electron chi connectivity index (χ3n) is 1.83. The van der Waals surface area contributed by atoms with Crippen LogP contribution < -0.4 is 5.32 Å². The first-order chi connectivity index (χ1) is 8.54. The number of nitrogens with one attached hydrogen (secondary N) is 1. The summed E-state index contributed by atoms with van der Waals surface area (Å²) in [5, 5.41) is 17.0. The Kier molecular flexibility index (Phi) is 3.86. The number of halogens is 1. The van der Waals surface area contributed by atoms with Crippen LogP contribution in [0, 0.1) is 13.7 Å². The van der Waals surface area contributed by atoms with E-state index >= 15 is 0 Å². The van der Waals surface area contributed by atoms with Gasteiger partial charge < -0.3 is 5.32 Å². The fourth-order valence-corrected chi connectivity index (χ4v) is 2.23. The Bertz CT molecular complexity index is 595. The first-order valence-electron chi connectivity index (χ1n) is 4.62. The molecule has 0 saturated carbocycles.